The van der Waals surface area contributed by atoms with Gasteiger partial charge in [0.15, 0.2) is 0 Å². The Labute approximate surface area is 106 Å². The van der Waals surface area contributed by atoms with Crippen molar-refractivity contribution in [3.8, 4) is 0 Å². The maximum atomic E-state index is 12.6. The van der Waals surface area contributed by atoms with Crippen LogP contribution in [0.4, 0.5) is 22.0 Å². The van der Waals surface area contributed by atoms with Crippen molar-refractivity contribution < 1.29 is 31.5 Å². The van der Waals surface area contributed by atoms with Gasteiger partial charge in [0.05, 0.1) is 7.11 Å². The highest BCUT2D eigenvalue weighted by molar-refractivity contribution is 8.00. The van der Waals surface area contributed by atoms with Gasteiger partial charge in [-0.3, -0.25) is 4.79 Å². The van der Waals surface area contributed by atoms with Gasteiger partial charge in [-0.1, -0.05) is 13.8 Å². The van der Waals surface area contributed by atoms with Crippen LogP contribution in [0.25, 0.3) is 0 Å². The van der Waals surface area contributed by atoms with E-state index >= 15 is 0 Å². The van der Waals surface area contributed by atoms with Crippen molar-refractivity contribution in [2.24, 2.45) is 5.92 Å². The summed E-state index contributed by atoms with van der Waals surface area (Å²) in [5.74, 6) is -6.02. The van der Waals surface area contributed by atoms with Gasteiger partial charge in [-0.15, -0.1) is 11.8 Å². The highest BCUT2D eigenvalue weighted by atomic mass is 32.2. The molecule has 2 nitrogen and oxygen atoms in total. The Hall–Kier alpha value is -0.530. The number of thioether (sulfide) groups is 1. The van der Waals surface area contributed by atoms with Gasteiger partial charge in [0, 0.05) is 12.2 Å². The zero-order valence-electron chi connectivity index (χ0n) is 10.2. The number of carbonyl (C=O) groups is 1. The quantitative estimate of drug-likeness (QED) is 0.554. The van der Waals surface area contributed by atoms with Crippen LogP contribution in [0.2, 0.25) is 0 Å². The first kappa shape index (κ1) is 17.5. The maximum absolute atomic E-state index is 12.6. The third-order valence-electron chi connectivity index (χ3n) is 2.17. The van der Waals surface area contributed by atoms with Crippen LogP contribution in [0.5, 0.6) is 0 Å². The number of hydrogen-bond acceptors (Lipinski definition) is 3. The Morgan fingerprint density at radius 1 is 1.22 bits per heavy atom. The van der Waals surface area contributed by atoms with Crippen LogP contribution in [0.3, 0.4) is 0 Å². The fraction of sp³-hybridized carbons (Fsp3) is 0.900. The summed E-state index contributed by atoms with van der Waals surface area (Å²) in [6.45, 7) is 3.33. The van der Waals surface area contributed by atoms with Gasteiger partial charge in [-0.2, -0.15) is 22.0 Å². The molecule has 1 atom stereocenters. The number of rotatable bonds is 6. The first-order chi connectivity index (χ1) is 8.03. The number of hydrogen-bond donors (Lipinski definition) is 0. The van der Waals surface area contributed by atoms with Crippen molar-refractivity contribution >= 4 is 17.7 Å². The van der Waals surface area contributed by atoms with Gasteiger partial charge in [-0.05, 0) is 5.92 Å². The van der Waals surface area contributed by atoms with E-state index in [9.17, 15) is 26.7 Å². The molecule has 1 unspecified atom stereocenters. The average Bonchev–Trinajstić information content (AvgIpc) is 2.21. The smallest absolute Gasteiger partial charge is 0.453 e. The Balaban J connectivity index is 4.36. The van der Waals surface area contributed by atoms with Crippen LogP contribution in [-0.4, -0.2) is 36.2 Å². The molecule has 0 N–H and O–H groups in total. The van der Waals surface area contributed by atoms with Crippen LogP contribution in [0.15, 0.2) is 0 Å². The average molecular weight is 294 g/mol. The Morgan fingerprint density at radius 2 is 1.72 bits per heavy atom. The van der Waals surface area contributed by atoms with Crippen molar-refractivity contribution in [1.29, 1.82) is 0 Å². The predicted molar refractivity (Wildman–Crippen MR) is 58.7 cm³/mol. The topological polar surface area (TPSA) is 26.3 Å². The van der Waals surface area contributed by atoms with E-state index in [2.05, 4.69) is 4.74 Å². The highest BCUT2D eigenvalue weighted by Gasteiger charge is 2.56. The fourth-order valence-corrected chi connectivity index (χ4v) is 2.35. The number of esters is 1. The lowest BCUT2D eigenvalue weighted by atomic mass is 10.1. The molecule has 0 amide bonds. The van der Waals surface area contributed by atoms with E-state index in [4.69, 9.17) is 0 Å². The number of alkyl halides is 5. The van der Waals surface area contributed by atoms with E-state index < -0.39 is 35.5 Å². The van der Waals surface area contributed by atoms with E-state index in [1.54, 1.807) is 13.8 Å². The molecule has 0 saturated heterocycles. The van der Waals surface area contributed by atoms with Crippen LogP contribution in [-0.2, 0) is 9.53 Å². The van der Waals surface area contributed by atoms with Gasteiger partial charge in [-0.25, -0.2) is 0 Å². The molecule has 0 spiro atoms. The SMILES string of the molecule is COC(=O)C(SCCC(F)(F)C(F)(F)F)C(C)C. The normalized spacial score (nSPS) is 14.7. The minimum Gasteiger partial charge on any atom is -0.468 e. The van der Waals surface area contributed by atoms with Gasteiger partial charge in [0.25, 0.3) is 0 Å². The van der Waals surface area contributed by atoms with E-state index in [1.165, 1.54) is 0 Å². The molecule has 108 valence electrons. The lowest BCUT2D eigenvalue weighted by molar-refractivity contribution is -0.282. The molecule has 0 aromatic carbocycles. The zero-order chi connectivity index (χ0) is 14.6. The minimum absolute atomic E-state index is 0.207. The van der Waals surface area contributed by atoms with E-state index in [0.29, 0.717) is 0 Å². The Kier molecular flexibility index (Phi) is 6.39. The van der Waals surface area contributed by atoms with Gasteiger partial charge in [0.1, 0.15) is 5.25 Å². The van der Waals surface area contributed by atoms with Crippen LogP contribution in [0, 0.1) is 5.92 Å². The molecule has 8 heteroatoms. The first-order valence-corrected chi connectivity index (χ1v) is 6.21. The summed E-state index contributed by atoms with van der Waals surface area (Å²) in [5.41, 5.74) is 0. The Morgan fingerprint density at radius 3 is 2.06 bits per heavy atom. The molecule has 18 heavy (non-hydrogen) atoms. The standard InChI is InChI=1S/C10H15F5O2S/c1-6(2)7(8(16)17-3)18-5-4-9(11,12)10(13,14)15/h6-7H,4-5H2,1-3H3. The summed E-state index contributed by atoms with van der Waals surface area (Å²) in [7, 11) is 1.14. The molecular formula is C10H15F5O2S. The van der Waals surface area contributed by atoms with Crippen molar-refractivity contribution in [2.45, 2.75) is 37.6 Å². The maximum Gasteiger partial charge on any atom is 0.453 e. The fourth-order valence-electron chi connectivity index (χ4n) is 1.10. The molecule has 0 aliphatic carbocycles. The second-order valence-corrected chi connectivity index (χ2v) is 5.26. The van der Waals surface area contributed by atoms with Gasteiger partial charge >= 0.3 is 18.1 Å². The third-order valence-corrected chi connectivity index (χ3v) is 3.70. The molecule has 0 radical (unpaired) electrons. The molecule has 0 aromatic heterocycles. The first-order valence-electron chi connectivity index (χ1n) is 5.17. The van der Waals surface area contributed by atoms with Gasteiger partial charge in [0.2, 0.25) is 0 Å². The molecule has 0 fully saturated rings. The number of methoxy groups -OCH3 is 1. The van der Waals surface area contributed by atoms with Crippen LogP contribution < -0.4 is 0 Å². The lowest BCUT2D eigenvalue weighted by Gasteiger charge is -2.21. The van der Waals surface area contributed by atoms with E-state index in [1.807, 2.05) is 0 Å². The minimum atomic E-state index is -5.55. The Bertz CT molecular complexity index is 278. The van der Waals surface area contributed by atoms with Crippen LogP contribution in [0.1, 0.15) is 20.3 Å². The summed E-state index contributed by atoms with van der Waals surface area (Å²) >= 11 is 0.751. The number of halogens is 5. The highest BCUT2D eigenvalue weighted by Crippen LogP contribution is 2.39. The second-order valence-electron chi connectivity index (χ2n) is 4.01. The van der Waals surface area contributed by atoms with Crippen molar-refractivity contribution in [3.05, 3.63) is 0 Å². The molecular weight excluding hydrogens is 279 g/mol. The second kappa shape index (κ2) is 6.58. The third kappa shape index (κ3) is 4.99. The van der Waals surface area contributed by atoms with Crippen molar-refractivity contribution in [2.75, 3.05) is 12.9 Å². The van der Waals surface area contributed by atoms with Crippen molar-refractivity contribution in [1.82, 2.24) is 0 Å². The molecule has 0 aromatic rings. The van der Waals surface area contributed by atoms with Crippen molar-refractivity contribution in [3.63, 3.8) is 0 Å². The molecule has 0 saturated carbocycles. The van der Waals surface area contributed by atoms with E-state index in [0.717, 1.165) is 18.9 Å². The predicted octanol–water partition coefficient (Wildman–Crippen LogP) is 3.50. The summed E-state index contributed by atoms with van der Waals surface area (Å²) < 4.78 is 65.3. The summed E-state index contributed by atoms with van der Waals surface area (Å²) in [5, 5.41) is -0.737. The largest absolute Gasteiger partial charge is 0.468 e. The summed E-state index contributed by atoms with van der Waals surface area (Å²) in [4.78, 5) is 11.3. The van der Waals surface area contributed by atoms with E-state index in [-0.39, 0.29) is 5.92 Å². The van der Waals surface area contributed by atoms with Crippen LogP contribution >= 0.6 is 11.8 Å². The zero-order valence-corrected chi connectivity index (χ0v) is 11.0. The number of ether oxygens (including phenoxy) is 1. The molecule has 0 rings (SSSR count). The lowest BCUT2D eigenvalue weighted by Crippen LogP contribution is -2.37. The number of carbonyl (C=O) groups excluding carboxylic acids is 1. The molecule has 0 heterocycles. The monoisotopic (exact) mass is 294 g/mol. The molecule has 0 aliphatic rings. The van der Waals surface area contributed by atoms with Gasteiger partial charge < -0.3 is 4.74 Å². The molecule has 0 bridgehead atoms. The molecule has 0 aliphatic heterocycles. The summed E-state index contributed by atoms with van der Waals surface area (Å²) in [6, 6.07) is 0. The summed E-state index contributed by atoms with van der Waals surface area (Å²) in [6.07, 6.45) is -6.90.